The summed E-state index contributed by atoms with van der Waals surface area (Å²) in [5, 5.41) is 8.70. The molecule has 0 aliphatic rings. The molecule has 0 saturated carbocycles. The van der Waals surface area contributed by atoms with E-state index in [9.17, 15) is 9.59 Å². The number of amides is 1. The maximum atomic E-state index is 13.3. The average Bonchev–Trinajstić information content (AvgIpc) is 3.19. The largest absolute Gasteiger partial charge is 0.462 e. The monoisotopic (exact) mass is 436 g/mol. The van der Waals surface area contributed by atoms with Gasteiger partial charge in [-0.05, 0) is 30.5 Å². The van der Waals surface area contributed by atoms with E-state index in [1.807, 2.05) is 66.0 Å². The lowest BCUT2D eigenvalue weighted by molar-refractivity contribution is -0.118. The molecule has 0 aliphatic heterocycles. The summed E-state index contributed by atoms with van der Waals surface area (Å²) in [5.41, 5.74) is 2.92. The third-order valence-corrected chi connectivity index (χ3v) is 5.61. The number of rotatable bonds is 9. The summed E-state index contributed by atoms with van der Waals surface area (Å²) < 4.78 is 5.30. The fraction of sp³-hybridized carbons (Fsp3) is 0.280. The molecule has 162 valence electrons. The van der Waals surface area contributed by atoms with Crippen LogP contribution in [0.5, 0.6) is 0 Å². The number of hydrogen-bond donors (Lipinski definition) is 2. The summed E-state index contributed by atoms with van der Waals surface area (Å²) in [6.07, 6.45) is 0. The van der Waals surface area contributed by atoms with Crippen LogP contribution >= 0.6 is 11.3 Å². The van der Waals surface area contributed by atoms with Gasteiger partial charge in [0, 0.05) is 10.9 Å². The van der Waals surface area contributed by atoms with Gasteiger partial charge in [0.1, 0.15) is 16.6 Å². The minimum absolute atomic E-state index is 0.209. The minimum Gasteiger partial charge on any atom is -0.462 e. The van der Waals surface area contributed by atoms with Crippen LogP contribution in [0.25, 0.3) is 11.1 Å². The number of esters is 1. The molecule has 2 N–H and O–H groups in total. The molecule has 1 aromatic heterocycles. The fourth-order valence-corrected chi connectivity index (χ4v) is 4.19. The third kappa shape index (κ3) is 5.81. The van der Waals surface area contributed by atoms with Crippen LogP contribution < -0.4 is 10.6 Å². The lowest BCUT2D eigenvalue weighted by Crippen LogP contribution is -2.35. The predicted octanol–water partition coefficient (Wildman–Crippen LogP) is 5.52. The maximum Gasteiger partial charge on any atom is 0.341 e. The van der Waals surface area contributed by atoms with Crippen molar-refractivity contribution in [3.8, 4) is 11.1 Å². The van der Waals surface area contributed by atoms with E-state index in [1.54, 1.807) is 6.92 Å². The zero-order valence-electron chi connectivity index (χ0n) is 18.1. The molecule has 0 fully saturated rings. The van der Waals surface area contributed by atoms with Gasteiger partial charge in [0.05, 0.1) is 6.61 Å². The topological polar surface area (TPSA) is 67.4 Å². The number of carbonyl (C=O) groups is 2. The highest BCUT2D eigenvalue weighted by atomic mass is 32.1. The van der Waals surface area contributed by atoms with Crippen molar-refractivity contribution in [2.75, 3.05) is 18.5 Å². The molecule has 31 heavy (non-hydrogen) atoms. The molecule has 1 amide bonds. The molecule has 1 heterocycles. The summed E-state index contributed by atoms with van der Waals surface area (Å²) in [6.45, 7) is 6.91. The molecule has 6 heteroatoms. The Morgan fingerprint density at radius 3 is 2.26 bits per heavy atom. The molecule has 0 unspecified atom stereocenters. The maximum absolute atomic E-state index is 13.3. The first kappa shape index (κ1) is 22.7. The van der Waals surface area contributed by atoms with Gasteiger partial charge in [-0.25, -0.2) is 4.79 Å². The van der Waals surface area contributed by atoms with E-state index >= 15 is 0 Å². The van der Waals surface area contributed by atoms with Gasteiger partial charge in [-0.15, -0.1) is 11.3 Å². The van der Waals surface area contributed by atoms with Gasteiger partial charge in [0.15, 0.2) is 0 Å². The normalized spacial score (nSPS) is 11.9. The van der Waals surface area contributed by atoms with Crippen LogP contribution in [0.1, 0.15) is 42.7 Å². The molecule has 2 aromatic carbocycles. The van der Waals surface area contributed by atoms with Crippen molar-refractivity contribution in [1.82, 2.24) is 5.32 Å². The zero-order valence-corrected chi connectivity index (χ0v) is 18.9. The number of ether oxygens (including phenoxy) is 1. The van der Waals surface area contributed by atoms with Crippen molar-refractivity contribution in [1.29, 1.82) is 0 Å². The standard InChI is InChI=1S/C25H28N2O3S/c1-4-30-25(29)21-20(18-11-7-5-8-12-18)16-31-24(21)27-23(28)22(26-15-17(2)3)19-13-9-6-10-14-19/h5-14,16-17,22,26H,4,15H2,1-3H3,(H,27,28)/t22-/m1/s1. The summed E-state index contributed by atoms with van der Waals surface area (Å²) in [7, 11) is 0. The highest BCUT2D eigenvalue weighted by Gasteiger charge is 2.26. The summed E-state index contributed by atoms with van der Waals surface area (Å²) in [4.78, 5) is 26.1. The van der Waals surface area contributed by atoms with Crippen molar-refractivity contribution in [3.63, 3.8) is 0 Å². The molecular formula is C25H28N2O3S. The highest BCUT2D eigenvalue weighted by Crippen LogP contribution is 2.36. The van der Waals surface area contributed by atoms with Gasteiger partial charge >= 0.3 is 5.97 Å². The second kappa shape index (κ2) is 10.9. The number of thiophene rings is 1. The molecule has 0 saturated heterocycles. The Hall–Kier alpha value is -2.96. The van der Waals surface area contributed by atoms with Crippen LogP contribution in [0.15, 0.2) is 66.0 Å². The lowest BCUT2D eigenvalue weighted by atomic mass is 10.0. The van der Waals surface area contributed by atoms with Crippen molar-refractivity contribution in [2.24, 2.45) is 5.92 Å². The van der Waals surface area contributed by atoms with E-state index in [-0.39, 0.29) is 12.5 Å². The van der Waals surface area contributed by atoms with E-state index in [2.05, 4.69) is 24.5 Å². The summed E-state index contributed by atoms with van der Waals surface area (Å²) in [5.74, 6) is -0.260. The smallest absolute Gasteiger partial charge is 0.341 e. The molecule has 1 atom stereocenters. The molecule has 0 spiro atoms. The number of anilines is 1. The van der Waals surface area contributed by atoms with Crippen LogP contribution in [0, 0.1) is 5.92 Å². The molecule has 0 aliphatic carbocycles. The van der Waals surface area contributed by atoms with Gasteiger partial charge in [0.25, 0.3) is 0 Å². The number of benzene rings is 2. The molecule has 3 rings (SSSR count). The summed E-state index contributed by atoms with van der Waals surface area (Å²) in [6, 6.07) is 18.7. The van der Waals surface area contributed by atoms with Crippen molar-refractivity contribution < 1.29 is 14.3 Å². The van der Waals surface area contributed by atoms with Gasteiger partial charge in [-0.3, -0.25) is 4.79 Å². The Labute approximate surface area is 187 Å². The first-order valence-corrected chi connectivity index (χ1v) is 11.3. The Bertz CT molecular complexity index is 1000. The van der Waals surface area contributed by atoms with Crippen molar-refractivity contribution >= 4 is 28.2 Å². The zero-order chi connectivity index (χ0) is 22.2. The van der Waals surface area contributed by atoms with E-state index < -0.39 is 12.0 Å². The van der Waals surface area contributed by atoms with Gasteiger partial charge in [0.2, 0.25) is 5.91 Å². The second-order valence-corrected chi connectivity index (χ2v) is 8.45. The summed E-state index contributed by atoms with van der Waals surface area (Å²) >= 11 is 1.33. The Balaban J connectivity index is 1.93. The number of carbonyl (C=O) groups excluding carboxylic acids is 2. The lowest BCUT2D eigenvalue weighted by Gasteiger charge is -2.20. The third-order valence-electron chi connectivity index (χ3n) is 4.72. The fourth-order valence-electron chi connectivity index (χ4n) is 3.23. The quantitative estimate of drug-likeness (QED) is 0.434. The SMILES string of the molecule is CCOC(=O)c1c(-c2ccccc2)csc1NC(=O)[C@H](NCC(C)C)c1ccccc1. The molecule has 5 nitrogen and oxygen atoms in total. The van der Waals surface area contributed by atoms with Gasteiger partial charge < -0.3 is 15.4 Å². The van der Waals surface area contributed by atoms with Gasteiger partial charge in [-0.1, -0.05) is 74.5 Å². The average molecular weight is 437 g/mol. The van der Waals surface area contributed by atoms with Crippen LogP contribution in [0.4, 0.5) is 5.00 Å². The van der Waals surface area contributed by atoms with Crippen molar-refractivity contribution in [3.05, 3.63) is 77.2 Å². The number of hydrogen-bond acceptors (Lipinski definition) is 5. The van der Waals surface area contributed by atoms with Crippen LogP contribution in [-0.2, 0) is 9.53 Å². The first-order valence-electron chi connectivity index (χ1n) is 10.4. The predicted molar refractivity (Wildman–Crippen MR) is 126 cm³/mol. The van der Waals surface area contributed by atoms with E-state index in [1.165, 1.54) is 11.3 Å². The van der Waals surface area contributed by atoms with Gasteiger partial charge in [-0.2, -0.15) is 0 Å². The Morgan fingerprint density at radius 2 is 1.65 bits per heavy atom. The Morgan fingerprint density at radius 1 is 1.00 bits per heavy atom. The van der Waals surface area contributed by atoms with Crippen LogP contribution in [0.3, 0.4) is 0 Å². The van der Waals surface area contributed by atoms with Crippen molar-refractivity contribution in [2.45, 2.75) is 26.8 Å². The second-order valence-electron chi connectivity index (χ2n) is 7.58. The van der Waals surface area contributed by atoms with E-state index in [0.717, 1.165) is 16.7 Å². The van der Waals surface area contributed by atoms with E-state index in [0.29, 0.717) is 23.0 Å². The van der Waals surface area contributed by atoms with Crippen LogP contribution in [0.2, 0.25) is 0 Å². The Kier molecular flexibility index (Phi) is 7.98. The molecule has 3 aromatic rings. The number of nitrogens with one attached hydrogen (secondary N) is 2. The molecule has 0 radical (unpaired) electrons. The highest BCUT2D eigenvalue weighted by molar-refractivity contribution is 7.15. The molecule has 0 bridgehead atoms. The van der Waals surface area contributed by atoms with E-state index in [4.69, 9.17) is 4.74 Å². The van der Waals surface area contributed by atoms with Crippen LogP contribution in [-0.4, -0.2) is 25.0 Å². The minimum atomic E-state index is -0.527. The first-order chi connectivity index (χ1) is 15.0. The molecular weight excluding hydrogens is 408 g/mol.